The van der Waals surface area contributed by atoms with Gasteiger partial charge in [0.25, 0.3) is 10.2 Å². The van der Waals surface area contributed by atoms with E-state index in [-0.39, 0.29) is 18.8 Å². The summed E-state index contributed by atoms with van der Waals surface area (Å²) >= 11 is 0. The lowest BCUT2D eigenvalue weighted by molar-refractivity contribution is -0.0445. The van der Waals surface area contributed by atoms with Gasteiger partial charge < -0.3 is 9.84 Å². The third-order valence-corrected chi connectivity index (χ3v) is 4.61. The highest BCUT2D eigenvalue weighted by Gasteiger charge is 2.32. The van der Waals surface area contributed by atoms with Gasteiger partial charge in [-0.15, -0.1) is 0 Å². The molecule has 1 fully saturated rings. The summed E-state index contributed by atoms with van der Waals surface area (Å²) < 4.78 is 33.5. The second-order valence-corrected chi connectivity index (χ2v) is 7.01. The smallest absolute Gasteiger partial charge is 0.279 e. The normalized spacial score (nSPS) is 30.1. The van der Waals surface area contributed by atoms with Crippen molar-refractivity contribution in [2.24, 2.45) is 0 Å². The Bertz CT molecular complexity index is 359. The van der Waals surface area contributed by atoms with Crippen molar-refractivity contribution in [3.8, 4) is 0 Å². The van der Waals surface area contributed by atoms with Gasteiger partial charge in [-0.1, -0.05) is 6.92 Å². The predicted octanol–water partition coefficient (Wildman–Crippen LogP) is 0.0910. The molecule has 0 aromatic carbocycles. The molecule has 1 heterocycles. The Hall–Kier alpha value is -0.210. The summed E-state index contributed by atoms with van der Waals surface area (Å²) in [4.78, 5) is 0. The lowest BCUT2D eigenvalue weighted by Gasteiger charge is -2.35. The van der Waals surface area contributed by atoms with E-state index in [1.165, 1.54) is 4.31 Å². The molecule has 18 heavy (non-hydrogen) atoms. The molecule has 0 radical (unpaired) electrons. The molecule has 1 aliphatic rings. The number of morpholine rings is 1. The van der Waals surface area contributed by atoms with Crippen LogP contribution in [0.15, 0.2) is 0 Å². The minimum atomic E-state index is -3.55. The van der Waals surface area contributed by atoms with Crippen molar-refractivity contribution in [1.29, 1.82) is 0 Å². The maximum absolute atomic E-state index is 12.1. The third kappa shape index (κ3) is 4.47. The van der Waals surface area contributed by atoms with E-state index >= 15 is 0 Å². The molecule has 1 aliphatic heterocycles. The Balaban J connectivity index is 2.63. The zero-order chi connectivity index (χ0) is 14.0. The van der Waals surface area contributed by atoms with Crippen LogP contribution in [-0.4, -0.2) is 55.3 Å². The molecular weight excluding hydrogens is 256 g/mol. The van der Waals surface area contributed by atoms with Gasteiger partial charge in [0.15, 0.2) is 0 Å². The van der Waals surface area contributed by atoms with Crippen molar-refractivity contribution < 1.29 is 18.3 Å². The Morgan fingerprint density at radius 2 is 1.89 bits per heavy atom. The molecular formula is C11H24N2O4S. The Kier molecular flexibility index (Phi) is 5.13. The van der Waals surface area contributed by atoms with Crippen LogP contribution < -0.4 is 4.72 Å². The van der Waals surface area contributed by atoms with Crippen LogP contribution in [0, 0.1) is 0 Å². The second-order valence-electron chi connectivity index (χ2n) is 5.25. The minimum absolute atomic E-state index is 0.0198. The van der Waals surface area contributed by atoms with Crippen molar-refractivity contribution >= 4 is 10.2 Å². The van der Waals surface area contributed by atoms with Crippen LogP contribution in [-0.2, 0) is 14.9 Å². The molecule has 1 rings (SSSR count). The van der Waals surface area contributed by atoms with Gasteiger partial charge in [-0.2, -0.15) is 17.4 Å². The van der Waals surface area contributed by atoms with Crippen LogP contribution in [0.2, 0.25) is 0 Å². The number of nitrogens with one attached hydrogen (secondary N) is 1. The van der Waals surface area contributed by atoms with E-state index in [4.69, 9.17) is 4.74 Å². The van der Waals surface area contributed by atoms with Crippen LogP contribution >= 0.6 is 0 Å². The molecule has 0 bridgehead atoms. The van der Waals surface area contributed by atoms with Gasteiger partial charge in [0.2, 0.25) is 0 Å². The number of rotatable bonds is 5. The summed E-state index contributed by atoms with van der Waals surface area (Å²) in [6.07, 6.45) is 0.264. The molecule has 6 nitrogen and oxygen atoms in total. The molecule has 0 aromatic rings. The van der Waals surface area contributed by atoms with Gasteiger partial charge in [0, 0.05) is 19.6 Å². The fourth-order valence-electron chi connectivity index (χ4n) is 1.79. The monoisotopic (exact) mass is 280 g/mol. The van der Waals surface area contributed by atoms with E-state index in [0.717, 1.165) is 0 Å². The summed E-state index contributed by atoms with van der Waals surface area (Å²) in [7, 11) is -3.55. The first-order valence-corrected chi connectivity index (χ1v) is 7.73. The number of ether oxygens (including phenoxy) is 1. The minimum Gasteiger partial charge on any atom is -0.389 e. The highest BCUT2D eigenvalue weighted by atomic mass is 32.2. The van der Waals surface area contributed by atoms with Crippen molar-refractivity contribution in [2.75, 3.05) is 19.6 Å². The van der Waals surface area contributed by atoms with Crippen molar-refractivity contribution in [3.63, 3.8) is 0 Å². The molecule has 2 N–H and O–H groups in total. The second kappa shape index (κ2) is 5.83. The van der Waals surface area contributed by atoms with E-state index in [1.807, 2.05) is 20.8 Å². The maximum atomic E-state index is 12.1. The molecule has 0 spiro atoms. The highest BCUT2D eigenvalue weighted by molar-refractivity contribution is 7.87. The van der Waals surface area contributed by atoms with E-state index in [2.05, 4.69) is 4.72 Å². The zero-order valence-corrected chi connectivity index (χ0v) is 12.3. The molecule has 3 atom stereocenters. The fourth-order valence-corrected chi connectivity index (χ4v) is 3.28. The topological polar surface area (TPSA) is 78.9 Å². The van der Waals surface area contributed by atoms with Gasteiger partial charge in [-0.05, 0) is 27.2 Å². The molecule has 0 saturated carbocycles. The number of hydrogen-bond acceptors (Lipinski definition) is 4. The quantitative estimate of drug-likeness (QED) is 0.748. The third-order valence-electron chi connectivity index (χ3n) is 3.12. The molecule has 3 unspecified atom stereocenters. The summed E-state index contributed by atoms with van der Waals surface area (Å²) in [5, 5.41) is 9.82. The van der Waals surface area contributed by atoms with Crippen molar-refractivity contribution in [3.05, 3.63) is 0 Å². The SMILES string of the molecule is CCC(C)(O)CNS(=O)(=O)N1CC(C)OC(C)C1. The van der Waals surface area contributed by atoms with Gasteiger partial charge in [-0.3, -0.25) is 0 Å². The average Bonchev–Trinajstić information content (AvgIpc) is 2.25. The Morgan fingerprint density at radius 1 is 1.39 bits per heavy atom. The van der Waals surface area contributed by atoms with Gasteiger partial charge in [0.1, 0.15) is 0 Å². The first-order chi connectivity index (χ1) is 8.16. The average molecular weight is 280 g/mol. The van der Waals surface area contributed by atoms with Crippen molar-refractivity contribution in [1.82, 2.24) is 9.03 Å². The summed E-state index contributed by atoms with van der Waals surface area (Å²) in [5.41, 5.74) is -1.02. The van der Waals surface area contributed by atoms with Crippen LogP contribution in [0.5, 0.6) is 0 Å². The Morgan fingerprint density at radius 3 is 2.33 bits per heavy atom. The molecule has 0 aliphatic carbocycles. The fraction of sp³-hybridized carbons (Fsp3) is 1.00. The van der Waals surface area contributed by atoms with E-state index in [1.54, 1.807) is 6.92 Å². The van der Waals surface area contributed by atoms with E-state index in [0.29, 0.717) is 19.5 Å². The lowest BCUT2D eigenvalue weighted by atomic mass is 10.1. The maximum Gasteiger partial charge on any atom is 0.279 e. The molecule has 1 saturated heterocycles. The first kappa shape index (κ1) is 15.8. The highest BCUT2D eigenvalue weighted by Crippen LogP contribution is 2.14. The summed E-state index contributed by atoms with van der Waals surface area (Å²) in [5.74, 6) is 0. The number of hydrogen-bond donors (Lipinski definition) is 2. The van der Waals surface area contributed by atoms with Gasteiger partial charge in [0.05, 0.1) is 17.8 Å². The first-order valence-electron chi connectivity index (χ1n) is 6.29. The zero-order valence-electron chi connectivity index (χ0n) is 11.5. The number of nitrogens with zero attached hydrogens (tertiary/aromatic N) is 1. The van der Waals surface area contributed by atoms with Crippen molar-refractivity contribution in [2.45, 2.75) is 51.9 Å². The molecule has 0 aromatic heterocycles. The lowest BCUT2D eigenvalue weighted by Crippen LogP contribution is -2.53. The predicted molar refractivity (Wildman–Crippen MR) is 69.4 cm³/mol. The summed E-state index contributed by atoms with van der Waals surface area (Å²) in [6, 6.07) is 0. The van der Waals surface area contributed by atoms with Gasteiger partial charge >= 0.3 is 0 Å². The van der Waals surface area contributed by atoms with Crippen LogP contribution in [0.1, 0.15) is 34.1 Å². The standard InChI is InChI=1S/C11H24N2O4S/c1-5-11(4,14)8-12-18(15,16)13-6-9(2)17-10(3)7-13/h9-10,12,14H,5-8H2,1-4H3. The molecule has 108 valence electrons. The Labute approximate surface area is 109 Å². The number of aliphatic hydroxyl groups is 1. The van der Waals surface area contributed by atoms with Crippen LogP contribution in [0.4, 0.5) is 0 Å². The van der Waals surface area contributed by atoms with Crippen LogP contribution in [0.3, 0.4) is 0 Å². The van der Waals surface area contributed by atoms with Gasteiger partial charge in [-0.25, -0.2) is 0 Å². The summed E-state index contributed by atoms with van der Waals surface area (Å²) in [6.45, 7) is 7.82. The van der Waals surface area contributed by atoms with Crippen LogP contribution in [0.25, 0.3) is 0 Å². The largest absolute Gasteiger partial charge is 0.389 e. The van der Waals surface area contributed by atoms with E-state index < -0.39 is 15.8 Å². The molecule has 7 heteroatoms. The van der Waals surface area contributed by atoms with E-state index in [9.17, 15) is 13.5 Å². The molecule has 0 amide bonds.